The topological polar surface area (TPSA) is 51.2 Å². The predicted molar refractivity (Wildman–Crippen MR) is 74.7 cm³/mol. The van der Waals surface area contributed by atoms with E-state index in [1.807, 2.05) is 32.0 Å². The van der Waals surface area contributed by atoms with Gasteiger partial charge >= 0.3 is 0 Å². The second-order valence-corrected chi connectivity index (χ2v) is 4.36. The Bertz CT molecular complexity index is 592. The number of methoxy groups -OCH3 is 1. The van der Waals surface area contributed by atoms with Crippen molar-refractivity contribution >= 4 is 11.6 Å². The Morgan fingerprint density at radius 2 is 2.00 bits per heavy atom. The largest absolute Gasteiger partial charge is 0.481 e. The van der Waals surface area contributed by atoms with Crippen molar-refractivity contribution in [2.24, 2.45) is 0 Å². The molecule has 0 atom stereocenters. The highest BCUT2D eigenvalue weighted by atomic mass is 16.5. The maximum absolute atomic E-state index is 12.1. The zero-order valence-electron chi connectivity index (χ0n) is 11.2. The van der Waals surface area contributed by atoms with Crippen molar-refractivity contribution in [3.63, 3.8) is 0 Å². The van der Waals surface area contributed by atoms with Crippen LogP contribution in [0.15, 0.2) is 36.5 Å². The van der Waals surface area contributed by atoms with E-state index in [0.29, 0.717) is 11.4 Å². The molecule has 1 amide bonds. The summed E-state index contributed by atoms with van der Waals surface area (Å²) in [5, 5.41) is 2.87. The molecule has 0 aliphatic rings. The normalized spacial score (nSPS) is 10.1. The number of amides is 1. The van der Waals surface area contributed by atoms with Gasteiger partial charge in [0.1, 0.15) is 0 Å². The molecule has 4 nitrogen and oxygen atoms in total. The van der Waals surface area contributed by atoms with Crippen LogP contribution in [0.4, 0.5) is 5.69 Å². The molecule has 0 saturated heterocycles. The molecule has 0 bridgehead atoms. The SMILES string of the molecule is COc1ccc(C(=O)Nc2ccc(C)cc2C)cn1. The zero-order chi connectivity index (χ0) is 13.8. The van der Waals surface area contributed by atoms with Crippen molar-refractivity contribution < 1.29 is 9.53 Å². The van der Waals surface area contributed by atoms with Gasteiger partial charge in [0, 0.05) is 18.0 Å². The fraction of sp³-hybridized carbons (Fsp3) is 0.200. The Morgan fingerprint density at radius 1 is 1.21 bits per heavy atom. The van der Waals surface area contributed by atoms with Crippen molar-refractivity contribution in [1.29, 1.82) is 0 Å². The summed E-state index contributed by atoms with van der Waals surface area (Å²) >= 11 is 0. The number of nitrogens with zero attached hydrogens (tertiary/aromatic N) is 1. The number of rotatable bonds is 3. The number of carbonyl (C=O) groups excluding carboxylic acids is 1. The van der Waals surface area contributed by atoms with E-state index < -0.39 is 0 Å². The van der Waals surface area contributed by atoms with E-state index >= 15 is 0 Å². The highest BCUT2D eigenvalue weighted by molar-refractivity contribution is 6.04. The molecule has 0 unspecified atom stereocenters. The highest BCUT2D eigenvalue weighted by Crippen LogP contribution is 2.17. The lowest BCUT2D eigenvalue weighted by molar-refractivity contribution is 0.102. The average molecular weight is 256 g/mol. The Kier molecular flexibility index (Phi) is 3.80. The van der Waals surface area contributed by atoms with Gasteiger partial charge in [-0.15, -0.1) is 0 Å². The first-order chi connectivity index (χ1) is 9.10. The van der Waals surface area contributed by atoms with E-state index in [-0.39, 0.29) is 5.91 Å². The number of nitrogens with one attached hydrogen (secondary N) is 1. The van der Waals surface area contributed by atoms with Crippen molar-refractivity contribution in [3.05, 3.63) is 53.2 Å². The Morgan fingerprint density at radius 3 is 2.58 bits per heavy atom. The van der Waals surface area contributed by atoms with Crippen LogP contribution in [0.25, 0.3) is 0 Å². The van der Waals surface area contributed by atoms with E-state index in [1.165, 1.54) is 18.9 Å². The molecule has 4 heteroatoms. The van der Waals surface area contributed by atoms with Crippen LogP contribution < -0.4 is 10.1 Å². The zero-order valence-corrected chi connectivity index (χ0v) is 11.2. The third-order valence-corrected chi connectivity index (χ3v) is 2.84. The van der Waals surface area contributed by atoms with Crippen LogP contribution in [-0.2, 0) is 0 Å². The number of aromatic nitrogens is 1. The van der Waals surface area contributed by atoms with Gasteiger partial charge in [-0.2, -0.15) is 0 Å². The first-order valence-corrected chi connectivity index (χ1v) is 5.99. The van der Waals surface area contributed by atoms with Crippen LogP contribution in [0.3, 0.4) is 0 Å². The summed E-state index contributed by atoms with van der Waals surface area (Å²) in [6, 6.07) is 9.25. The number of anilines is 1. The second kappa shape index (κ2) is 5.52. The molecule has 2 aromatic rings. The van der Waals surface area contributed by atoms with Crippen molar-refractivity contribution in [2.75, 3.05) is 12.4 Å². The molecule has 1 aromatic heterocycles. The molecule has 0 aliphatic carbocycles. The summed E-state index contributed by atoms with van der Waals surface area (Å²) in [7, 11) is 1.54. The molecule has 1 N–H and O–H groups in total. The van der Waals surface area contributed by atoms with E-state index in [1.54, 1.807) is 12.1 Å². The average Bonchev–Trinajstić information content (AvgIpc) is 2.42. The molecule has 0 radical (unpaired) electrons. The van der Waals surface area contributed by atoms with Gasteiger partial charge in [-0.05, 0) is 31.5 Å². The molecule has 19 heavy (non-hydrogen) atoms. The van der Waals surface area contributed by atoms with Gasteiger partial charge in [0.15, 0.2) is 0 Å². The summed E-state index contributed by atoms with van der Waals surface area (Å²) in [6.07, 6.45) is 1.50. The molecule has 0 aliphatic heterocycles. The van der Waals surface area contributed by atoms with Crippen LogP contribution >= 0.6 is 0 Å². The van der Waals surface area contributed by atoms with Crippen molar-refractivity contribution in [2.45, 2.75) is 13.8 Å². The highest BCUT2D eigenvalue weighted by Gasteiger charge is 2.08. The molecule has 1 heterocycles. The number of ether oxygens (including phenoxy) is 1. The monoisotopic (exact) mass is 256 g/mol. The molecular weight excluding hydrogens is 240 g/mol. The third kappa shape index (κ3) is 3.10. The van der Waals surface area contributed by atoms with Crippen LogP contribution in [0.1, 0.15) is 21.5 Å². The first kappa shape index (κ1) is 13.1. The lowest BCUT2D eigenvalue weighted by Gasteiger charge is -2.09. The van der Waals surface area contributed by atoms with Gasteiger partial charge < -0.3 is 10.1 Å². The Labute approximate surface area is 112 Å². The molecule has 0 spiro atoms. The minimum Gasteiger partial charge on any atom is -0.481 e. The van der Waals surface area contributed by atoms with Crippen LogP contribution in [-0.4, -0.2) is 18.0 Å². The molecule has 2 rings (SSSR count). The number of aryl methyl sites for hydroxylation is 2. The third-order valence-electron chi connectivity index (χ3n) is 2.84. The lowest BCUT2D eigenvalue weighted by atomic mass is 10.1. The molecule has 1 aromatic carbocycles. The van der Waals surface area contributed by atoms with Gasteiger partial charge in [-0.25, -0.2) is 4.98 Å². The predicted octanol–water partition coefficient (Wildman–Crippen LogP) is 2.96. The summed E-state index contributed by atoms with van der Waals surface area (Å²) in [5.74, 6) is 0.310. The van der Waals surface area contributed by atoms with Crippen LogP contribution in [0, 0.1) is 13.8 Å². The summed E-state index contributed by atoms with van der Waals surface area (Å²) < 4.78 is 4.96. The first-order valence-electron chi connectivity index (χ1n) is 5.99. The summed E-state index contributed by atoms with van der Waals surface area (Å²) in [5.41, 5.74) is 3.52. The maximum atomic E-state index is 12.1. The van der Waals surface area contributed by atoms with Gasteiger partial charge in [0.2, 0.25) is 5.88 Å². The van der Waals surface area contributed by atoms with Gasteiger partial charge in [-0.1, -0.05) is 17.7 Å². The van der Waals surface area contributed by atoms with E-state index in [9.17, 15) is 4.79 Å². The minimum absolute atomic E-state index is 0.179. The number of hydrogen-bond acceptors (Lipinski definition) is 3. The van der Waals surface area contributed by atoms with Gasteiger partial charge in [0.05, 0.1) is 12.7 Å². The summed E-state index contributed by atoms with van der Waals surface area (Å²) in [6.45, 7) is 3.99. The van der Waals surface area contributed by atoms with Gasteiger partial charge in [-0.3, -0.25) is 4.79 Å². The number of benzene rings is 1. The molecule has 98 valence electrons. The molecular formula is C15H16N2O2. The fourth-order valence-electron chi connectivity index (χ4n) is 1.78. The lowest BCUT2D eigenvalue weighted by Crippen LogP contribution is -2.13. The van der Waals surface area contributed by atoms with Crippen LogP contribution in [0.5, 0.6) is 5.88 Å². The summed E-state index contributed by atoms with van der Waals surface area (Å²) in [4.78, 5) is 16.1. The Hall–Kier alpha value is -2.36. The number of carbonyl (C=O) groups is 1. The van der Waals surface area contributed by atoms with E-state index in [2.05, 4.69) is 10.3 Å². The Balaban J connectivity index is 2.15. The fourth-order valence-corrected chi connectivity index (χ4v) is 1.78. The van der Waals surface area contributed by atoms with E-state index in [0.717, 1.165) is 11.3 Å². The van der Waals surface area contributed by atoms with Crippen molar-refractivity contribution in [3.8, 4) is 5.88 Å². The van der Waals surface area contributed by atoms with Gasteiger partial charge in [0.25, 0.3) is 5.91 Å². The quantitative estimate of drug-likeness (QED) is 0.918. The molecule has 0 fully saturated rings. The standard InChI is InChI=1S/C15H16N2O2/c1-10-4-6-13(11(2)8-10)17-15(18)12-5-7-14(19-3)16-9-12/h4-9H,1-3H3,(H,17,18). The second-order valence-electron chi connectivity index (χ2n) is 4.36. The maximum Gasteiger partial charge on any atom is 0.257 e. The molecule has 0 saturated carbocycles. The number of hydrogen-bond donors (Lipinski definition) is 1. The van der Waals surface area contributed by atoms with Crippen LogP contribution in [0.2, 0.25) is 0 Å². The number of pyridine rings is 1. The minimum atomic E-state index is -0.179. The van der Waals surface area contributed by atoms with Crippen molar-refractivity contribution in [1.82, 2.24) is 4.98 Å². The smallest absolute Gasteiger partial charge is 0.257 e. The van der Waals surface area contributed by atoms with E-state index in [4.69, 9.17) is 4.74 Å².